The first kappa shape index (κ1) is 22.4. The van der Waals surface area contributed by atoms with Crippen molar-refractivity contribution in [3.63, 3.8) is 0 Å². The predicted molar refractivity (Wildman–Crippen MR) is 122 cm³/mol. The molecule has 2 atom stereocenters. The number of rotatable bonds is 14. The summed E-state index contributed by atoms with van der Waals surface area (Å²) in [7, 11) is -1.54. The van der Waals surface area contributed by atoms with Crippen LogP contribution in [0.5, 0.6) is 0 Å². The lowest BCUT2D eigenvalue weighted by Gasteiger charge is -2.35. The topological polar surface area (TPSA) is 43.5 Å². The van der Waals surface area contributed by atoms with E-state index >= 15 is 0 Å². The highest BCUT2D eigenvalue weighted by atomic mass is 32.3. The number of epoxide rings is 2. The van der Waals surface area contributed by atoms with E-state index in [9.17, 15) is 0 Å². The minimum Gasteiger partial charge on any atom is -0.379 e. The summed E-state index contributed by atoms with van der Waals surface area (Å²) in [6.07, 6.45) is 12.7. The zero-order valence-corrected chi connectivity index (χ0v) is 19.6. The molecule has 2 saturated heterocycles. The summed E-state index contributed by atoms with van der Waals surface area (Å²) < 4.78 is 21.8. The molecule has 1 aromatic rings. The molecular formula is C22H38O4S2. The highest BCUT2D eigenvalue weighted by Crippen LogP contribution is 2.53. The molecule has 2 aliphatic heterocycles. The van der Waals surface area contributed by atoms with E-state index in [1.165, 1.54) is 21.3 Å². The van der Waals surface area contributed by atoms with E-state index in [1.807, 2.05) is 0 Å². The van der Waals surface area contributed by atoms with Crippen LogP contribution in [0.15, 0.2) is 34.1 Å². The van der Waals surface area contributed by atoms with Gasteiger partial charge in [0.2, 0.25) is 0 Å². The summed E-state index contributed by atoms with van der Waals surface area (Å²) in [6, 6.07) is 9.50. The summed E-state index contributed by atoms with van der Waals surface area (Å²) in [5.74, 6) is 2.44. The summed E-state index contributed by atoms with van der Waals surface area (Å²) in [4.78, 5) is 3.01. The minimum atomic E-state index is -0.768. The molecule has 2 heterocycles. The molecular weight excluding hydrogens is 392 g/mol. The summed E-state index contributed by atoms with van der Waals surface area (Å²) in [5.41, 5.74) is 0. The quantitative estimate of drug-likeness (QED) is 0.329. The predicted octanol–water partition coefficient (Wildman–Crippen LogP) is 4.14. The van der Waals surface area contributed by atoms with Crippen LogP contribution in [-0.2, 0) is 18.9 Å². The van der Waals surface area contributed by atoms with E-state index in [4.69, 9.17) is 18.9 Å². The van der Waals surface area contributed by atoms with Crippen LogP contribution in [-0.4, -0.2) is 88.4 Å². The van der Waals surface area contributed by atoms with E-state index in [2.05, 4.69) is 49.3 Å². The summed E-state index contributed by atoms with van der Waals surface area (Å²) >= 11 is 0. The number of benzene rings is 1. The largest absolute Gasteiger partial charge is 0.379 e. The highest BCUT2D eigenvalue weighted by molar-refractivity contribution is 8.33. The average molecular weight is 431 g/mol. The summed E-state index contributed by atoms with van der Waals surface area (Å²) in [6.45, 7) is 4.98. The van der Waals surface area contributed by atoms with E-state index in [1.54, 1.807) is 0 Å². The van der Waals surface area contributed by atoms with Crippen molar-refractivity contribution in [2.75, 3.05) is 76.2 Å². The van der Waals surface area contributed by atoms with Crippen LogP contribution in [0.4, 0.5) is 0 Å². The molecule has 0 spiro atoms. The molecule has 6 heteroatoms. The van der Waals surface area contributed by atoms with Crippen molar-refractivity contribution in [3.05, 3.63) is 24.3 Å². The van der Waals surface area contributed by atoms with Crippen molar-refractivity contribution in [1.82, 2.24) is 0 Å². The Morgan fingerprint density at radius 2 is 1.11 bits per heavy atom. The Labute approximate surface area is 174 Å². The first-order chi connectivity index (χ1) is 13.4. The Morgan fingerprint density at radius 3 is 1.43 bits per heavy atom. The number of hydrogen-bond donors (Lipinski definition) is 0. The van der Waals surface area contributed by atoms with Crippen molar-refractivity contribution in [2.24, 2.45) is 0 Å². The van der Waals surface area contributed by atoms with E-state index in [0.717, 1.165) is 52.5 Å². The molecule has 0 aromatic heterocycles. The van der Waals surface area contributed by atoms with Gasteiger partial charge >= 0.3 is 0 Å². The lowest BCUT2D eigenvalue weighted by Crippen LogP contribution is -2.09. The zero-order chi connectivity index (χ0) is 20.0. The lowest BCUT2D eigenvalue weighted by atomic mass is 10.4. The van der Waals surface area contributed by atoms with Gasteiger partial charge in [0, 0.05) is 13.2 Å². The second kappa shape index (κ2) is 10.2. The van der Waals surface area contributed by atoms with Crippen LogP contribution >= 0.6 is 20.1 Å². The van der Waals surface area contributed by atoms with E-state index < -0.39 is 20.1 Å². The van der Waals surface area contributed by atoms with Gasteiger partial charge in [-0.1, -0.05) is 0 Å². The van der Waals surface area contributed by atoms with Gasteiger partial charge in [-0.2, -0.15) is 0 Å². The van der Waals surface area contributed by atoms with Gasteiger partial charge in [-0.25, -0.2) is 20.1 Å². The monoisotopic (exact) mass is 430 g/mol. The maximum atomic E-state index is 5.70. The van der Waals surface area contributed by atoms with Crippen LogP contribution in [0, 0.1) is 0 Å². The number of ether oxygens (including phenoxy) is 4. The molecule has 4 nitrogen and oxygen atoms in total. The molecule has 28 heavy (non-hydrogen) atoms. The molecule has 3 rings (SSSR count). The summed E-state index contributed by atoms with van der Waals surface area (Å²) in [5, 5.41) is 0. The van der Waals surface area contributed by atoms with Crippen LogP contribution in [0.25, 0.3) is 0 Å². The Kier molecular flexibility index (Phi) is 8.16. The Balaban J connectivity index is 1.40. The number of hydrogen-bond acceptors (Lipinski definition) is 4. The normalized spacial score (nSPS) is 22.9. The highest BCUT2D eigenvalue weighted by Gasteiger charge is 2.23. The Morgan fingerprint density at radius 1 is 0.750 bits per heavy atom. The van der Waals surface area contributed by atoms with Crippen molar-refractivity contribution >= 4 is 20.1 Å². The fourth-order valence-corrected chi connectivity index (χ4v) is 7.11. The molecule has 1 aromatic carbocycles. The maximum Gasteiger partial charge on any atom is 0.104 e. The Hall–Kier alpha value is -0.240. The Bertz CT molecular complexity index is 542. The van der Waals surface area contributed by atoms with E-state index in [0.29, 0.717) is 12.2 Å². The SMILES string of the molecule is CS(C)(CCCOCC1CO1)c1ccc(S(C)(C)CCCOCC2CO2)cc1. The van der Waals surface area contributed by atoms with Crippen molar-refractivity contribution in [3.8, 4) is 0 Å². The second-order valence-electron chi connectivity index (χ2n) is 8.72. The molecule has 0 radical (unpaired) electrons. The van der Waals surface area contributed by atoms with Crippen LogP contribution in [0.2, 0.25) is 0 Å². The van der Waals surface area contributed by atoms with Gasteiger partial charge in [0.25, 0.3) is 0 Å². The third-order valence-corrected chi connectivity index (χ3v) is 11.1. The maximum absolute atomic E-state index is 5.70. The van der Waals surface area contributed by atoms with Crippen LogP contribution in [0.3, 0.4) is 0 Å². The third-order valence-electron chi connectivity index (χ3n) is 5.40. The van der Waals surface area contributed by atoms with Gasteiger partial charge in [0.15, 0.2) is 0 Å². The molecule has 2 aliphatic rings. The molecule has 0 saturated carbocycles. The van der Waals surface area contributed by atoms with Crippen molar-refractivity contribution < 1.29 is 18.9 Å². The lowest BCUT2D eigenvalue weighted by molar-refractivity contribution is 0.117. The third kappa shape index (κ3) is 7.54. The standard InChI is InChI=1S/C22H38O4S2/c1-27(2,13-5-11-23-15-19-17-25-19)21-7-9-22(10-8-21)28(3,4)14-6-12-24-16-20-18-26-20/h7-10,19-20H,5-6,11-18H2,1-4H3. The van der Waals surface area contributed by atoms with Gasteiger partial charge in [0.05, 0.1) is 26.4 Å². The molecule has 0 amide bonds. The van der Waals surface area contributed by atoms with Crippen molar-refractivity contribution in [2.45, 2.75) is 34.8 Å². The van der Waals surface area contributed by atoms with Gasteiger partial charge in [-0.15, -0.1) is 0 Å². The second-order valence-corrected chi connectivity index (χ2v) is 16.6. The molecule has 2 unspecified atom stereocenters. The molecule has 162 valence electrons. The van der Waals surface area contributed by atoms with Gasteiger partial charge in [-0.3, -0.25) is 0 Å². The van der Waals surface area contributed by atoms with Gasteiger partial charge in [-0.05, 0) is 83.4 Å². The molecule has 0 aliphatic carbocycles. The van der Waals surface area contributed by atoms with Gasteiger partial charge < -0.3 is 18.9 Å². The fourth-order valence-electron chi connectivity index (χ4n) is 3.21. The first-order valence-electron chi connectivity index (χ1n) is 10.3. The van der Waals surface area contributed by atoms with Crippen LogP contribution in [0.1, 0.15) is 12.8 Å². The minimum absolute atomic E-state index is 0.373. The molecule has 0 bridgehead atoms. The van der Waals surface area contributed by atoms with Gasteiger partial charge in [0.1, 0.15) is 12.2 Å². The van der Waals surface area contributed by atoms with Crippen LogP contribution < -0.4 is 0 Å². The fraction of sp³-hybridized carbons (Fsp3) is 0.727. The van der Waals surface area contributed by atoms with E-state index in [-0.39, 0.29) is 0 Å². The zero-order valence-electron chi connectivity index (χ0n) is 18.0. The smallest absolute Gasteiger partial charge is 0.104 e. The molecule has 2 fully saturated rings. The molecule has 0 N–H and O–H groups in total. The first-order valence-corrected chi connectivity index (χ1v) is 15.5. The van der Waals surface area contributed by atoms with Crippen molar-refractivity contribution in [1.29, 1.82) is 0 Å². The average Bonchev–Trinajstić information content (AvgIpc) is 3.56.